The number of aliphatic hydroxyl groups excluding tert-OH is 1. The molecular formula is C18H25NO4. The van der Waals surface area contributed by atoms with Crippen LogP contribution in [0.25, 0.3) is 0 Å². The molecular weight excluding hydrogens is 294 g/mol. The van der Waals surface area contributed by atoms with Crippen molar-refractivity contribution in [3.8, 4) is 5.75 Å². The zero-order valence-corrected chi connectivity index (χ0v) is 14.0. The smallest absolute Gasteiger partial charge is 0.258 e. The van der Waals surface area contributed by atoms with Crippen LogP contribution in [-0.2, 0) is 4.74 Å². The molecule has 5 heteroatoms. The van der Waals surface area contributed by atoms with Gasteiger partial charge in [-0.25, -0.2) is 0 Å². The standard InChI is InChI=1S/C18H25NO4/c1-12-5-4-6-14(22-2)16(12)17(21)19-10-9-18(23-3)8-7-13(20)11-15(18)19/h4-6,13,15,20H,7-11H2,1-3H3/t13-,15+,18-/m1/s1. The van der Waals surface area contributed by atoms with Crippen LogP contribution in [0.4, 0.5) is 0 Å². The van der Waals surface area contributed by atoms with Crippen LogP contribution in [0.5, 0.6) is 5.75 Å². The van der Waals surface area contributed by atoms with Crippen LogP contribution < -0.4 is 4.74 Å². The average Bonchev–Trinajstić information content (AvgIpc) is 2.93. The van der Waals surface area contributed by atoms with Crippen LogP contribution in [0.3, 0.4) is 0 Å². The fourth-order valence-corrected chi connectivity index (χ4v) is 4.15. The highest BCUT2D eigenvalue weighted by atomic mass is 16.5. The van der Waals surface area contributed by atoms with Gasteiger partial charge in [-0.15, -0.1) is 0 Å². The third-order valence-electron chi connectivity index (χ3n) is 5.49. The second-order valence-electron chi connectivity index (χ2n) is 6.61. The van der Waals surface area contributed by atoms with E-state index in [9.17, 15) is 9.90 Å². The zero-order chi connectivity index (χ0) is 16.6. The van der Waals surface area contributed by atoms with Crippen LogP contribution in [0.15, 0.2) is 18.2 Å². The van der Waals surface area contributed by atoms with Crippen LogP contribution in [0, 0.1) is 6.92 Å². The molecule has 1 saturated carbocycles. The number of rotatable bonds is 3. The molecule has 1 aromatic rings. The summed E-state index contributed by atoms with van der Waals surface area (Å²) < 4.78 is 11.2. The van der Waals surface area contributed by atoms with E-state index in [-0.39, 0.29) is 23.7 Å². The molecule has 1 aromatic carbocycles. The third-order valence-corrected chi connectivity index (χ3v) is 5.49. The van der Waals surface area contributed by atoms with Crippen molar-refractivity contribution in [1.82, 2.24) is 4.90 Å². The van der Waals surface area contributed by atoms with Gasteiger partial charge in [0.1, 0.15) is 5.75 Å². The third kappa shape index (κ3) is 2.62. The Morgan fingerprint density at radius 1 is 1.35 bits per heavy atom. The predicted octanol–water partition coefficient (Wildman–Crippen LogP) is 2.15. The molecule has 0 radical (unpaired) electrons. The van der Waals surface area contributed by atoms with E-state index in [1.54, 1.807) is 14.2 Å². The van der Waals surface area contributed by atoms with Crippen LogP contribution >= 0.6 is 0 Å². The monoisotopic (exact) mass is 319 g/mol. The van der Waals surface area contributed by atoms with Gasteiger partial charge in [0.2, 0.25) is 0 Å². The summed E-state index contributed by atoms with van der Waals surface area (Å²) in [5.41, 5.74) is 1.20. The van der Waals surface area contributed by atoms with E-state index in [2.05, 4.69) is 0 Å². The summed E-state index contributed by atoms with van der Waals surface area (Å²) in [7, 11) is 3.30. The molecule has 1 N–H and O–H groups in total. The largest absolute Gasteiger partial charge is 0.496 e. The Bertz CT molecular complexity index is 603. The number of hydrogen-bond acceptors (Lipinski definition) is 4. The van der Waals surface area contributed by atoms with E-state index in [1.807, 2.05) is 30.0 Å². The highest BCUT2D eigenvalue weighted by Gasteiger charge is 2.52. The average molecular weight is 319 g/mol. The molecule has 2 aliphatic rings. The second kappa shape index (κ2) is 6.13. The highest BCUT2D eigenvalue weighted by molar-refractivity contribution is 5.98. The topological polar surface area (TPSA) is 59.0 Å². The summed E-state index contributed by atoms with van der Waals surface area (Å²) in [5.74, 6) is 0.569. The van der Waals surface area contributed by atoms with Crippen molar-refractivity contribution in [3.05, 3.63) is 29.3 Å². The highest BCUT2D eigenvalue weighted by Crippen LogP contribution is 2.43. The van der Waals surface area contributed by atoms with Gasteiger partial charge in [-0.3, -0.25) is 4.79 Å². The number of methoxy groups -OCH3 is 2. The quantitative estimate of drug-likeness (QED) is 0.927. The number of nitrogens with zero attached hydrogens (tertiary/aromatic N) is 1. The van der Waals surface area contributed by atoms with Crippen molar-refractivity contribution in [1.29, 1.82) is 0 Å². The van der Waals surface area contributed by atoms with Crippen molar-refractivity contribution in [2.75, 3.05) is 20.8 Å². The minimum atomic E-state index is -0.365. The van der Waals surface area contributed by atoms with Gasteiger partial charge in [-0.05, 0) is 44.2 Å². The van der Waals surface area contributed by atoms with Gasteiger partial charge in [0.15, 0.2) is 0 Å². The van der Waals surface area contributed by atoms with Crippen molar-refractivity contribution in [2.45, 2.75) is 50.4 Å². The molecule has 23 heavy (non-hydrogen) atoms. The minimum Gasteiger partial charge on any atom is -0.496 e. The number of aryl methyl sites for hydroxylation is 1. The Kier molecular flexibility index (Phi) is 4.34. The lowest BCUT2D eigenvalue weighted by Gasteiger charge is -2.42. The molecule has 1 saturated heterocycles. The number of likely N-dealkylation sites (tertiary alicyclic amines) is 1. The summed E-state index contributed by atoms with van der Waals surface area (Å²) in [6.45, 7) is 2.58. The summed E-state index contributed by atoms with van der Waals surface area (Å²) in [5, 5.41) is 10.1. The molecule has 0 aromatic heterocycles. The van der Waals surface area contributed by atoms with E-state index in [0.29, 0.717) is 24.3 Å². The summed E-state index contributed by atoms with van der Waals surface area (Å²) >= 11 is 0. The summed E-state index contributed by atoms with van der Waals surface area (Å²) in [6.07, 6.45) is 2.56. The lowest BCUT2D eigenvalue weighted by molar-refractivity contribution is -0.0824. The number of carbonyl (C=O) groups is 1. The number of amides is 1. The maximum Gasteiger partial charge on any atom is 0.258 e. The summed E-state index contributed by atoms with van der Waals surface area (Å²) in [4.78, 5) is 15.0. The van der Waals surface area contributed by atoms with Crippen LogP contribution in [0.2, 0.25) is 0 Å². The molecule has 0 spiro atoms. The predicted molar refractivity (Wildman–Crippen MR) is 86.8 cm³/mol. The van der Waals surface area contributed by atoms with Crippen molar-refractivity contribution in [3.63, 3.8) is 0 Å². The van der Waals surface area contributed by atoms with Crippen molar-refractivity contribution < 1.29 is 19.4 Å². The van der Waals surface area contributed by atoms with E-state index in [0.717, 1.165) is 24.8 Å². The Labute approximate surface area is 137 Å². The molecule has 5 nitrogen and oxygen atoms in total. The first kappa shape index (κ1) is 16.3. The molecule has 126 valence electrons. The van der Waals surface area contributed by atoms with E-state index >= 15 is 0 Å². The first-order valence-electron chi connectivity index (χ1n) is 8.20. The molecule has 1 aliphatic heterocycles. The molecule has 3 atom stereocenters. The number of hydrogen-bond donors (Lipinski definition) is 1. The lowest BCUT2D eigenvalue weighted by atomic mass is 9.79. The first-order valence-corrected chi connectivity index (χ1v) is 8.20. The number of ether oxygens (including phenoxy) is 2. The molecule has 2 fully saturated rings. The van der Waals surface area contributed by atoms with E-state index in [1.165, 1.54) is 0 Å². The van der Waals surface area contributed by atoms with Gasteiger partial charge >= 0.3 is 0 Å². The van der Waals surface area contributed by atoms with Gasteiger partial charge in [-0.2, -0.15) is 0 Å². The van der Waals surface area contributed by atoms with Gasteiger partial charge in [0.25, 0.3) is 5.91 Å². The molecule has 1 aliphatic carbocycles. The van der Waals surface area contributed by atoms with Crippen molar-refractivity contribution in [2.24, 2.45) is 0 Å². The maximum absolute atomic E-state index is 13.2. The Morgan fingerprint density at radius 2 is 2.13 bits per heavy atom. The Morgan fingerprint density at radius 3 is 2.83 bits per heavy atom. The zero-order valence-electron chi connectivity index (χ0n) is 14.0. The van der Waals surface area contributed by atoms with Crippen LogP contribution in [0.1, 0.15) is 41.6 Å². The maximum atomic E-state index is 13.2. The fraction of sp³-hybridized carbons (Fsp3) is 0.611. The Balaban J connectivity index is 1.94. The SMILES string of the molecule is COc1cccc(C)c1C(=O)N1CC[C@]2(OC)CC[C@@H](O)C[C@H]12. The second-order valence-corrected chi connectivity index (χ2v) is 6.61. The lowest BCUT2D eigenvalue weighted by Crippen LogP contribution is -2.52. The molecule has 0 unspecified atom stereocenters. The first-order chi connectivity index (χ1) is 11.0. The molecule has 1 heterocycles. The normalized spacial score (nSPS) is 30.2. The van der Waals surface area contributed by atoms with E-state index < -0.39 is 0 Å². The Hall–Kier alpha value is -1.59. The number of benzene rings is 1. The van der Waals surface area contributed by atoms with Gasteiger partial charge < -0.3 is 19.5 Å². The van der Waals surface area contributed by atoms with Gasteiger partial charge in [-0.1, -0.05) is 12.1 Å². The number of fused-ring (bicyclic) bond motifs is 1. The molecule has 1 amide bonds. The van der Waals surface area contributed by atoms with Crippen molar-refractivity contribution >= 4 is 5.91 Å². The number of carbonyl (C=O) groups excluding carboxylic acids is 1. The van der Waals surface area contributed by atoms with E-state index in [4.69, 9.17) is 9.47 Å². The molecule has 0 bridgehead atoms. The minimum absolute atomic E-state index is 0.0297. The summed E-state index contributed by atoms with van der Waals surface area (Å²) in [6, 6.07) is 5.55. The fourth-order valence-electron chi connectivity index (χ4n) is 4.15. The number of aliphatic hydroxyl groups is 1. The van der Waals surface area contributed by atoms with Gasteiger partial charge in [0, 0.05) is 13.7 Å². The molecule has 3 rings (SSSR count). The van der Waals surface area contributed by atoms with Crippen LogP contribution in [-0.4, -0.2) is 54.4 Å². The van der Waals surface area contributed by atoms with Gasteiger partial charge in [0.05, 0.1) is 30.4 Å².